The summed E-state index contributed by atoms with van der Waals surface area (Å²) in [6.45, 7) is 2.29. The van der Waals surface area contributed by atoms with Gasteiger partial charge in [-0.1, -0.05) is 6.07 Å². The molecule has 1 aliphatic heterocycles. The first-order valence-corrected chi connectivity index (χ1v) is 7.27. The van der Waals surface area contributed by atoms with Gasteiger partial charge in [0, 0.05) is 19.7 Å². The van der Waals surface area contributed by atoms with Crippen molar-refractivity contribution in [3.05, 3.63) is 35.1 Å². The molecule has 1 fully saturated rings. The summed E-state index contributed by atoms with van der Waals surface area (Å²) in [5, 5.41) is 0. The number of nitrogens with zero attached hydrogens (tertiary/aromatic N) is 1. The fourth-order valence-corrected chi connectivity index (χ4v) is 2.61. The molecule has 1 aromatic carbocycles. The fraction of sp³-hybridized carbons (Fsp3) is 0.562. The minimum Gasteiger partial charge on any atom is -0.465 e. The molecule has 0 aromatic heterocycles. The second kappa shape index (κ2) is 7.52. The molecule has 1 saturated heterocycles. The van der Waals surface area contributed by atoms with Crippen LogP contribution in [-0.2, 0) is 16.0 Å². The van der Waals surface area contributed by atoms with Gasteiger partial charge in [0.2, 0.25) is 0 Å². The van der Waals surface area contributed by atoms with Crippen molar-refractivity contribution in [2.75, 3.05) is 27.3 Å². The molecule has 5 heteroatoms. The van der Waals surface area contributed by atoms with Gasteiger partial charge in [0.25, 0.3) is 0 Å². The molecule has 0 N–H and O–H groups in total. The van der Waals surface area contributed by atoms with E-state index in [0.717, 1.165) is 31.6 Å². The number of benzene rings is 1. The Kier molecular flexibility index (Phi) is 5.70. The van der Waals surface area contributed by atoms with E-state index in [0.29, 0.717) is 6.54 Å². The van der Waals surface area contributed by atoms with E-state index in [1.165, 1.54) is 25.7 Å². The lowest BCUT2D eigenvalue weighted by Gasteiger charge is -2.27. The number of hydrogen-bond acceptors (Lipinski definition) is 4. The SMILES string of the molecule is COC(=O)c1ccc(CN(C)CC2CCCCO2)cc1F. The molecule has 4 nitrogen and oxygen atoms in total. The van der Waals surface area contributed by atoms with E-state index in [4.69, 9.17) is 4.74 Å². The molecule has 1 aromatic rings. The molecule has 0 bridgehead atoms. The zero-order chi connectivity index (χ0) is 15.2. The van der Waals surface area contributed by atoms with E-state index in [9.17, 15) is 9.18 Å². The zero-order valence-corrected chi connectivity index (χ0v) is 12.6. The maximum absolute atomic E-state index is 13.9. The van der Waals surface area contributed by atoms with Gasteiger partial charge in [0.15, 0.2) is 0 Å². The van der Waals surface area contributed by atoms with Gasteiger partial charge in [0.1, 0.15) is 5.82 Å². The zero-order valence-electron chi connectivity index (χ0n) is 12.6. The molecular formula is C16H22FNO3. The van der Waals surface area contributed by atoms with Gasteiger partial charge in [0.05, 0.1) is 18.8 Å². The van der Waals surface area contributed by atoms with Crippen LogP contribution >= 0.6 is 0 Å². The fourth-order valence-electron chi connectivity index (χ4n) is 2.61. The van der Waals surface area contributed by atoms with Crippen molar-refractivity contribution in [3.63, 3.8) is 0 Å². The molecule has 0 aliphatic carbocycles. The van der Waals surface area contributed by atoms with Gasteiger partial charge in [-0.15, -0.1) is 0 Å². The quantitative estimate of drug-likeness (QED) is 0.783. The predicted molar refractivity (Wildman–Crippen MR) is 77.7 cm³/mol. The van der Waals surface area contributed by atoms with Crippen molar-refractivity contribution in [2.24, 2.45) is 0 Å². The van der Waals surface area contributed by atoms with Crippen LogP contribution in [0.3, 0.4) is 0 Å². The molecule has 1 atom stereocenters. The third-order valence-corrected chi connectivity index (χ3v) is 3.68. The van der Waals surface area contributed by atoms with Gasteiger partial charge < -0.3 is 9.47 Å². The highest BCUT2D eigenvalue weighted by Gasteiger charge is 2.17. The summed E-state index contributed by atoms with van der Waals surface area (Å²) in [6, 6.07) is 4.62. The monoisotopic (exact) mass is 295 g/mol. The summed E-state index contributed by atoms with van der Waals surface area (Å²) in [7, 11) is 3.23. The maximum Gasteiger partial charge on any atom is 0.340 e. The molecule has 0 saturated carbocycles. The van der Waals surface area contributed by atoms with Gasteiger partial charge in [-0.2, -0.15) is 0 Å². The van der Waals surface area contributed by atoms with Crippen LogP contribution in [0.1, 0.15) is 35.2 Å². The Morgan fingerprint density at radius 1 is 1.48 bits per heavy atom. The smallest absolute Gasteiger partial charge is 0.340 e. The second-order valence-corrected chi connectivity index (χ2v) is 5.49. The largest absolute Gasteiger partial charge is 0.465 e. The summed E-state index contributed by atoms with van der Waals surface area (Å²) in [5.41, 5.74) is 0.804. The average molecular weight is 295 g/mol. The van der Waals surface area contributed by atoms with Crippen molar-refractivity contribution in [2.45, 2.75) is 31.9 Å². The van der Waals surface area contributed by atoms with Gasteiger partial charge in [-0.05, 0) is 44.0 Å². The van der Waals surface area contributed by atoms with Gasteiger partial charge in [-0.3, -0.25) is 4.90 Å². The summed E-state index contributed by atoms with van der Waals surface area (Å²) in [6.07, 6.45) is 3.70. The molecule has 1 aliphatic rings. The topological polar surface area (TPSA) is 38.8 Å². The average Bonchev–Trinajstić information content (AvgIpc) is 2.47. The van der Waals surface area contributed by atoms with E-state index in [2.05, 4.69) is 9.64 Å². The third kappa shape index (κ3) is 4.51. The van der Waals surface area contributed by atoms with Crippen LogP contribution < -0.4 is 0 Å². The Bertz CT molecular complexity index is 486. The molecule has 0 spiro atoms. The number of carbonyl (C=O) groups is 1. The summed E-state index contributed by atoms with van der Waals surface area (Å²) >= 11 is 0. The molecule has 1 heterocycles. The molecule has 1 unspecified atom stereocenters. The maximum atomic E-state index is 13.9. The molecule has 0 amide bonds. The Hall–Kier alpha value is -1.46. The van der Waals surface area contributed by atoms with Crippen molar-refractivity contribution >= 4 is 5.97 Å². The highest BCUT2D eigenvalue weighted by Crippen LogP contribution is 2.16. The van der Waals surface area contributed by atoms with E-state index in [1.54, 1.807) is 6.07 Å². The van der Waals surface area contributed by atoms with Crippen LogP contribution in [0, 0.1) is 5.82 Å². The second-order valence-electron chi connectivity index (χ2n) is 5.49. The van der Waals surface area contributed by atoms with E-state index >= 15 is 0 Å². The molecule has 21 heavy (non-hydrogen) atoms. The third-order valence-electron chi connectivity index (χ3n) is 3.68. The van der Waals surface area contributed by atoms with Crippen LogP contribution in [0.5, 0.6) is 0 Å². The molecule has 2 rings (SSSR count). The molecular weight excluding hydrogens is 273 g/mol. The Morgan fingerprint density at radius 2 is 2.29 bits per heavy atom. The van der Waals surface area contributed by atoms with Crippen molar-refractivity contribution < 1.29 is 18.7 Å². The number of likely N-dealkylation sites (N-methyl/N-ethyl adjacent to an activating group) is 1. The van der Waals surface area contributed by atoms with Crippen LogP contribution in [0.25, 0.3) is 0 Å². The van der Waals surface area contributed by atoms with Crippen molar-refractivity contribution in [1.29, 1.82) is 0 Å². The lowest BCUT2D eigenvalue weighted by Crippen LogP contribution is -2.33. The number of esters is 1. The predicted octanol–water partition coefficient (Wildman–Crippen LogP) is 2.61. The highest BCUT2D eigenvalue weighted by atomic mass is 19.1. The summed E-state index contributed by atoms with van der Waals surface area (Å²) in [5.74, 6) is -1.19. The minimum absolute atomic E-state index is 0.0282. The summed E-state index contributed by atoms with van der Waals surface area (Å²) < 4.78 is 24.1. The lowest BCUT2D eigenvalue weighted by molar-refractivity contribution is -0.00259. The minimum atomic E-state index is -0.650. The molecule has 116 valence electrons. The first-order valence-electron chi connectivity index (χ1n) is 7.27. The number of ether oxygens (including phenoxy) is 2. The Balaban J connectivity index is 1.92. The van der Waals surface area contributed by atoms with Crippen molar-refractivity contribution in [1.82, 2.24) is 4.90 Å². The Morgan fingerprint density at radius 3 is 2.90 bits per heavy atom. The van der Waals surface area contributed by atoms with Gasteiger partial charge in [-0.25, -0.2) is 9.18 Å². The number of hydrogen-bond donors (Lipinski definition) is 0. The first-order chi connectivity index (χ1) is 10.1. The number of carbonyl (C=O) groups excluding carboxylic acids is 1. The van der Waals surface area contributed by atoms with Crippen LogP contribution in [0.15, 0.2) is 18.2 Å². The number of methoxy groups -OCH3 is 1. The molecule has 0 radical (unpaired) electrons. The highest BCUT2D eigenvalue weighted by molar-refractivity contribution is 5.89. The number of halogens is 1. The summed E-state index contributed by atoms with van der Waals surface area (Å²) in [4.78, 5) is 13.5. The standard InChI is InChI=1S/C16H22FNO3/c1-18(11-13-5-3-4-8-21-13)10-12-6-7-14(15(17)9-12)16(19)20-2/h6-7,9,13H,3-5,8,10-11H2,1-2H3. The van der Waals surface area contributed by atoms with E-state index < -0.39 is 11.8 Å². The van der Waals surface area contributed by atoms with Crippen LogP contribution in [-0.4, -0.2) is 44.3 Å². The van der Waals surface area contributed by atoms with Crippen molar-refractivity contribution in [3.8, 4) is 0 Å². The lowest BCUT2D eigenvalue weighted by atomic mass is 10.1. The van der Waals surface area contributed by atoms with Gasteiger partial charge >= 0.3 is 5.97 Å². The number of rotatable bonds is 5. The van der Waals surface area contributed by atoms with E-state index in [-0.39, 0.29) is 11.7 Å². The first kappa shape index (κ1) is 15.9. The van der Waals surface area contributed by atoms with Crippen LogP contribution in [0.2, 0.25) is 0 Å². The normalized spacial score (nSPS) is 18.8. The Labute approximate surface area is 124 Å². The van der Waals surface area contributed by atoms with Crippen LogP contribution in [0.4, 0.5) is 4.39 Å². The van der Waals surface area contributed by atoms with E-state index in [1.807, 2.05) is 7.05 Å².